The van der Waals surface area contributed by atoms with Crippen molar-refractivity contribution >= 4 is 23.5 Å². The Morgan fingerprint density at radius 1 is 1.21 bits per heavy atom. The molecule has 0 aliphatic carbocycles. The Hall–Kier alpha value is -2.40. The molecule has 1 aromatic carbocycles. The van der Waals surface area contributed by atoms with Gasteiger partial charge in [-0.1, -0.05) is 23.7 Å². The van der Waals surface area contributed by atoms with E-state index >= 15 is 0 Å². The average molecular weight is 277 g/mol. The van der Waals surface area contributed by atoms with E-state index in [9.17, 15) is 9.59 Å². The standard InChI is InChI=1S/C13H9ClN2O3/c14-9-5-4-7(6-8(9)12(15)17)10-2-1-3-11(16-10)13(18)19/h1-6H,(H2,15,17)(H,18,19). The predicted octanol–water partition coefficient (Wildman–Crippen LogP) is 2.20. The first-order valence-electron chi connectivity index (χ1n) is 5.29. The summed E-state index contributed by atoms with van der Waals surface area (Å²) in [4.78, 5) is 26.0. The Kier molecular flexibility index (Phi) is 3.48. The topological polar surface area (TPSA) is 93.3 Å². The second kappa shape index (κ2) is 5.07. The summed E-state index contributed by atoms with van der Waals surface area (Å²) in [5, 5.41) is 9.13. The lowest BCUT2D eigenvalue weighted by molar-refractivity contribution is 0.0690. The summed E-state index contributed by atoms with van der Waals surface area (Å²) in [6.45, 7) is 0. The number of pyridine rings is 1. The van der Waals surface area contributed by atoms with Crippen LogP contribution < -0.4 is 5.73 Å². The van der Waals surface area contributed by atoms with E-state index in [2.05, 4.69) is 4.98 Å². The number of carboxylic acids is 1. The summed E-state index contributed by atoms with van der Waals surface area (Å²) in [6, 6.07) is 9.25. The first kappa shape index (κ1) is 13.0. The van der Waals surface area contributed by atoms with Gasteiger partial charge in [0, 0.05) is 5.56 Å². The Labute approximate surface area is 113 Å². The van der Waals surface area contributed by atoms with E-state index in [-0.39, 0.29) is 16.3 Å². The number of aromatic nitrogens is 1. The molecule has 0 bridgehead atoms. The molecule has 2 aromatic rings. The van der Waals surface area contributed by atoms with Crippen LogP contribution in [0.2, 0.25) is 5.02 Å². The Morgan fingerprint density at radius 2 is 1.95 bits per heavy atom. The molecule has 0 spiro atoms. The number of nitrogens with zero attached hydrogens (tertiary/aromatic N) is 1. The molecule has 1 heterocycles. The van der Waals surface area contributed by atoms with E-state index in [0.29, 0.717) is 11.3 Å². The van der Waals surface area contributed by atoms with E-state index in [1.54, 1.807) is 18.2 Å². The molecular formula is C13H9ClN2O3. The van der Waals surface area contributed by atoms with Crippen LogP contribution in [0.4, 0.5) is 0 Å². The van der Waals surface area contributed by atoms with Crippen LogP contribution in [0.25, 0.3) is 11.3 Å². The minimum Gasteiger partial charge on any atom is -0.477 e. The van der Waals surface area contributed by atoms with E-state index in [1.165, 1.54) is 18.2 Å². The van der Waals surface area contributed by atoms with Crippen molar-refractivity contribution < 1.29 is 14.7 Å². The van der Waals surface area contributed by atoms with Crippen molar-refractivity contribution in [2.24, 2.45) is 5.73 Å². The SMILES string of the molecule is NC(=O)c1cc(-c2cccc(C(=O)O)n2)ccc1Cl. The van der Waals surface area contributed by atoms with Crippen molar-refractivity contribution in [2.45, 2.75) is 0 Å². The number of primary amides is 1. The molecule has 96 valence electrons. The molecule has 0 saturated carbocycles. The van der Waals surface area contributed by atoms with Crippen LogP contribution in [0.3, 0.4) is 0 Å². The van der Waals surface area contributed by atoms with E-state index in [0.717, 1.165) is 0 Å². The lowest BCUT2D eigenvalue weighted by Crippen LogP contribution is -2.11. The lowest BCUT2D eigenvalue weighted by atomic mass is 10.1. The molecule has 0 aliphatic heterocycles. The van der Waals surface area contributed by atoms with E-state index in [1.807, 2.05) is 0 Å². The number of carbonyl (C=O) groups is 2. The van der Waals surface area contributed by atoms with E-state index in [4.69, 9.17) is 22.4 Å². The molecule has 0 radical (unpaired) electrons. The van der Waals surface area contributed by atoms with Gasteiger partial charge < -0.3 is 10.8 Å². The smallest absolute Gasteiger partial charge is 0.354 e. The number of carbonyl (C=O) groups excluding carboxylic acids is 1. The number of hydrogen-bond acceptors (Lipinski definition) is 3. The molecule has 0 saturated heterocycles. The monoisotopic (exact) mass is 276 g/mol. The van der Waals surface area contributed by atoms with Gasteiger partial charge in [0.15, 0.2) is 0 Å². The van der Waals surface area contributed by atoms with Gasteiger partial charge in [0.05, 0.1) is 16.3 Å². The van der Waals surface area contributed by atoms with Gasteiger partial charge in [0.2, 0.25) is 5.91 Å². The third kappa shape index (κ3) is 2.71. The second-order valence-corrected chi connectivity index (χ2v) is 4.18. The molecule has 0 aliphatic rings. The highest BCUT2D eigenvalue weighted by Crippen LogP contribution is 2.24. The summed E-state index contributed by atoms with van der Waals surface area (Å²) in [7, 11) is 0. The fraction of sp³-hybridized carbons (Fsp3) is 0. The Balaban J connectivity index is 2.53. The van der Waals surface area contributed by atoms with Crippen LogP contribution in [0.1, 0.15) is 20.8 Å². The molecule has 0 fully saturated rings. The van der Waals surface area contributed by atoms with Crippen LogP contribution in [-0.4, -0.2) is 22.0 Å². The van der Waals surface area contributed by atoms with Crippen LogP contribution in [-0.2, 0) is 0 Å². The van der Waals surface area contributed by atoms with Crippen molar-refractivity contribution in [3.8, 4) is 11.3 Å². The van der Waals surface area contributed by atoms with Crippen LogP contribution in [0.15, 0.2) is 36.4 Å². The van der Waals surface area contributed by atoms with Crippen molar-refractivity contribution in [1.82, 2.24) is 4.98 Å². The summed E-state index contributed by atoms with van der Waals surface area (Å²) >= 11 is 5.85. The number of carboxylic acid groups (broad SMARTS) is 1. The third-order valence-electron chi connectivity index (χ3n) is 2.50. The first-order chi connectivity index (χ1) is 8.99. The van der Waals surface area contributed by atoms with Gasteiger partial charge in [0.25, 0.3) is 0 Å². The molecule has 2 rings (SSSR count). The summed E-state index contributed by atoms with van der Waals surface area (Å²) in [5.41, 5.74) is 6.29. The summed E-state index contributed by atoms with van der Waals surface area (Å²) in [5.74, 6) is -1.77. The number of nitrogens with two attached hydrogens (primary N) is 1. The van der Waals surface area contributed by atoms with Gasteiger partial charge in [-0.05, 0) is 24.3 Å². The largest absolute Gasteiger partial charge is 0.477 e. The highest BCUT2D eigenvalue weighted by molar-refractivity contribution is 6.33. The molecule has 6 heteroatoms. The molecule has 1 aromatic heterocycles. The second-order valence-electron chi connectivity index (χ2n) is 3.77. The molecular weight excluding hydrogens is 268 g/mol. The predicted molar refractivity (Wildman–Crippen MR) is 70.2 cm³/mol. The van der Waals surface area contributed by atoms with Crippen LogP contribution in [0, 0.1) is 0 Å². The zero-order chi connectivity index (χ0) is 14.0. The Morgan fingerprint density at radius 3 is 2.58 bits per heavy atom. The zero-order valence-electron chi connectivity index (χ0n) is 9.63. The van der Waals surface area contributed by atoms with Crippen molar-refractivity contribution in [2.75, 3.05) is 0 Å². The van der Waals surface area contributed by atoms with Gasteiger partial charge in [-0.25, -0.2) is 9.78 Å². The van der Waals surface area contributed by atoms with Gasteiger partial charge >= 0.3 is 5.97 Å². The average Bonchev–Trinajstić information content (AvgIpc) is 2.39. The minimum absolute atomic E-state index is 0.0759. The number of amides is 1. The fourth-order valence-electron chi connectivity index (χ4n) is 1.59. The molecule has 1 amide bonds. The third-order valence-corrected chi connectivity index (χ3v) is 2.83. The first-order valence-corrected chi connectivity index (χ1v) is 5.67. The minimum atomic E-state index is -1.12. The quantitative estimate of drug-likeness (QED) is 0.898. The molecule has 5 nitrogen and oxygen atoms in total. The maximum absolute atomic E-state index is 11.2. The molecule has 0 atom stereocenters. The number of rotatable bonds is 3. The van der Waals surface area contributed by atoms with Gasteiger partial charge in [-0.15, -0.1) is 0 Å². The zero-order valence-corrected chi connectivity index (χ0v) is 10.4. The number of aromatic carboxylic acids is 1. The Bertz CT molecular complexity index is 671. The maximum Gasteiger partial charge on any atom is 0.354 e. The summed E-state index contributed by atoms with van der Waals surface area (Å²) in [6.07, 6.45) is 0. The number of halogens is 1. The van der Waals surface area contributed by atoms with E-state index < -0.39 is 11.9 Å². The van der Waals surface area contributed by atoms with Crippen LogP contribution in [0.5, 0.6) is 0 Å². The van der Waals surface area contributed by atoms with Gasteiger partial charge in [0.1, 0.15) is 5.69 Å². The number of benzene rings is 1. The fourth-order valence-corrected chi connectivity index (χ4v) is 1.80. The highest BCUT2D eigenvalue weighted by Gasteiger charge is 2.11. The van der Waals surface area contributed by atoms with Crippen molar-refractivity contribution in [3.05, 3.63) is 52.7 Å². The van der Waals surface area contributed by atoms with Crippen molar-refractivity contribution in [3.63, 3.8) is 0 Å². The van der Waals surface area contributed by atoms with Gasteiger partial charge in [-0.3, -0.25) is 4.79 Å². The molecule has 0 unspecified atom stereocenters. The summed E-state index contributed by atoms with van der Waals surface area (Å²) < 4.78 is 0. The lowest BCUT2D eigenvalue weighted by Gasteiger charge is -2.05. The maximum atomic E-state index is 11.2. The van der Waals surface area contributed by atoms with Crippen molar-refractivity contribution in [1.29, 1.82) is 0 Å². The highest BCUT2D eigenvalue weighted by atomic mass is 35.5. The van der Waals surface area contributed by atoms with Crippen LogP contribution >= 0.6 is 11.6 Å². The molecule has 19 heavy (non-hydrogen) atoms. The number of hydrogen-bond donors (Lipinski definition) is 2. The molecule has 3 N–H and O–H groups in total. The normalized spacial score (nSPS) is 10.2. The van der Waals surface area contributed by atoms with Gasteiger partial charge in [-0.2, -0.15) is 0 Å².